The summed E-state index contributed by atoms with van der Waals surface area (Å²) in [7, 11) is 3.92. The van der Waals surface area contributed by atoms with Crippen LogP contribution in [0, 0.1) is 12.3 Å². The van der Waals surface area contributed by atoms with Crippen molar-refractivity contribution in [1.29, 1.82) is 5.39 Å². The van der Waals surface area contributed by atoms with Crippen molar-refractivity contribution in [2.75, 3.05) is 19.0 Å². The molecule has 0 spiro atoms. The van der Waals surface area contributed by atoms with Gasteiger partial charge in [0.1, 0.15) is 0 Å². The van der Waals surface area contributed by atoms with E-state index in [1.807, 2.05) is 38.1 Å². The van der Waals surface area contributed by atoms with Gasteiger partial charge in [0.15, 0.2) is 10.1 Å². The molecule has 0 saturated heterocycles. The maximum absolute atomic E-state index is 8.79. The molecule has 5 heteroatoms. The fraction of sp³-hybridized carbons (Fsp3) is 0.300. The Balaban J connectivity index is 2.68. The van der Waals surface area contributed by atoms with E-state index >= 15 is 0 Å². The monoisotopic (exact) mass is 219 g/mol. The van der Waals surface area contributed by atoms with Crippen molar-refractivity contribution in [1.82, 2.24) is 4.98 Å². The maximum Gasteiger partial charge on any atom is 0.389 e. The lowest BCUT2D eigenvalue weighted by Crippen LogP contribution is -2.07. The molecule has 0 fully saturated rings. The second-order valence-corrected chi connectivity index (χ2v) is 4.61. The van der Waals surface area contributed by atoms with Crippen molar-refractivity contribution in [3.05, 3.63) is 22.7 Å². The SMILES string of the molecule is Cc1cc2nc(N(C)C)sc2cc1[N+]#N. The normalized spacial score (nSPS) is 10.3. The van der Waals surface area contributed by atoms with Crippen LogP contribution in [0.3, 0.4) is 0 Å². The zero-order chi connectivity index (χ0) is 11.0. The van der Waals surface area contributed by atoms with Gasteiger partial charge in [-0.15, -0.1) is 0 Å². The van der Waals surface area contributed by atoms with Gasteiger partial charge in [-0.2, -0.15) is 0 Å². The molecule has 1 heterocycles. The van der Waals surface area contributed by atoms with E-state index in [0.717, 1.165) is 20.9 Å². The molecule has 0 unspecified atom stereocenters. The third-order valence-electron chi connectivity index (χ3n) is 2.19. The predicted molar refractivity (Wildman–Crippen MR) is 63.4 cm³/mol. The molecule has 0 aliphatic carbocycles. The Labute approximate surface area is 91.8 Å². The molecule has 0 atom stereocenters. The van der Waals surface area contributed by atoms with Crippen LogP contribution in [-0.2, 0) is 0 Å². The quantitative estimate of drug-likeness (QED) is 0.692. The van der Waals surface area contributed by atoms with Crippen LogP contribution >= 0.6 is 11.3 Å². The summed E-state index contributed by atoms with van der Waals surface area (Å²) in [5, 5.41) is 9.75. The molecule has 1 aromatic heterocycles. The molecule has 0 saturated carbocycles. The van der Waals surface area contributed by atoms with Gasteiger partial charge in [0.05, 0.1) is 16.3 Å². The van der Waals surface area contributed by atoms with Crippen molar-refractivity contribution in [2.24, 2.45) is 0 Å². The Hall–Kier alpha value is -1.67. The molecule has 0 bridgehead atoms. The van der Waals surface area contributed by atoms with Crippen LogP contribution in [0.2, 0.25) is 0 Å². The summed E-state index contributed by atoms with van der Waals surface area (Å²) in [6.45, 7) is 1.91. The van der Waals surface area contributed by atoms with Gasteiger partial charge in [-0.05, 0) is 13.0 Å². The number of hydrogen-bond donors (Lipinski definition) is 0. The van der Waals surface area contributed by atoms with Crippen LogP contribution in [0.25, 0.3) is 15.2 Å². The summed E-state index contributed by atoms with van der Waals surface area (Å²) in [6, 6.07) is 3.79. The average molecular weight is 219 g/mol. The molecule has 76 valence electrons. The van der Waals surface area contributed by atoms with E-state index in [1.165, 1.54) is 0 Å². The molecular weight excluding hydrogens is 208 g/mol. The standard InChI is InChI=1S/C10H11N4S/c1-6-4-8-9(5-7(6)13-11)15-10(12-8)14(2)3/h4-5H,1-3H3/q+1. The lowest BCUT2D eigenvalue weighted by molar-refractivity contribution is 1.11. The number of diazo groups is 1. The summed E-state index contributed by atoms with van der Waals surface area (Å²) in [4.78, 5) is 9.68. The van der Waals surface area contributed by atoms with Crippen molar-refractivity contribution in [3.63, 3.8) is 0 Å². The van der Waals surface area contributed by atoms with E-state index in [2.05, 4.69) is 9.96 Å². The number of rotatable bonds is 1. The van der Waals surface area contributed by atoms with Crippen molar-refractivity contribution < 1.29 is 0 Å². The first-order valence-electron chi connectivity index (χ1n) is 4.55. The minimum atomic E-state index is 0.608. The van der Waals surface area contributed by atoms with Crippen LogP contribution in [0.5, 0.6) is 0 Å². The number of aromatic nitrogens is 1. The van der Waals surface area contributed by atoms with E-state index in [1.54, 1.807) is 11.3 Å². The molecule has 2 rings (SSSR count). The summed E-state index contributed by atoms with van der Waals surface area (Å²) in [6.07, 6.45) is 0. The highest BCUT2D eigenvalue weighted by Crippen LogP contribution is 2.32. The number of nitrogens with zero attached hydrogens (tertiary/aromatic N) is 4. The van der Waals surface area contributed by atoms with Crippen LogP contribution in [-0.4, -0.2) is 19.1 Å². The van der Waals surface area contributed by atoms with Crippen molar-refractivity contribution >= 4 is 32.4 Å². The van der Waals surface area contributed by atoms with Crippen LogP contribution in [0.4, 0.5) is 10.8 Å². The van der Waals surface area contributed by atoms with Crippen LogP contribution in [0.15, 0.2) is 12.1 Å². The second kappa shape index (κ2) is 3.48. The molecular formula is C10H11N4S+. The molecule has 0 aliphatic heterocycles. The smallest absolute Gasteiger partial charge is 0.354 e. The third-order valence-corrected chi connectivity index (χ3v) is 3.37. The summed E-state index contributed by atoms with van der Waals surface area (Å²) in [5.74, 6) is 0. The van der Waals surface area contributed by atoms with E-state index in [0.29, 0.717) is 5.69 Å². The number of benzene rings is 1. The Morgan fingerprint density at radius 3 is 2.73 bits per heavy atom. The first kappa shape index (κ1) is 9.87. The average Bonchev–Trinajstić information content (AvgIpc) is 2.59. The van der Waals surface area contributed by atoms with E-state index < -0.39 is 0 Å². The Morgan fingerprint density at radius 2 is 2.13 bits per heavy atom. The summed E-state index contributed by atoms with van der Waals surface area (Å²) in [5.41, 5.74) is 2.49. The number of hydrogen-bond acceptors (Lipinski definition) is 4. The minimum absolute atomic E-state index is 0.608. The minimum Gasteiger partial charge on any atom is -0.354 e. The molecule has 0 N–H and O–H groups in total. The van der Waals surface area contributed by atoms with Gasteiger partial charge in [0.2, 0.25) is 5.39 Å². The molecule has 1 aromatic carbocycles. The largest absolute Gasteiger partial charge is 0.389 e. The van der Waals surface area contributed by atoms with Gasteiger partial charge in [-0.1, -0.05) is 11.3 Å². The fourth-order valence-corrected chi connectivity index (χ4v) is 2.26. The Bertz CT molecular complexity index is 550. The highest BCUT2D eigenvalue weighted by Gasteiger charge is 2.14. The summed E-state index contributed by atoms with van der Waals surface area (Å²) >= 11 is 1.59. The van der Waals surface area contributed by atoms with Gasteiger partial charge in [0, 0.05) is 19.7 Å². The Morgan fingerprint density at radius 1 is 1.40 bits per heavy atom. The molecule has 2 aromatic rings. The lowest BCUT2D eigenvalue weighted by atomic mass is 10.2. The highest BCUT2D eigenvalue weighted by atomic mass is 32.1. The zero-order valence-electron chi connectivity index (χ0n) is 8.85. The van der Waals surface area contributed by atoms with E-state index in [9.17, 15) is 0 Å². The van der Waals surface area contributed by atoms with Crippen LogP contribution in [0.1, 0.15) is 5.56 Å². The number of fused-ring (bicyclic) bond motifs is 1. The third kappa shape index (κ3) is 1.64. The topological polar surface area (TPSA) is 44.3 Å². The molecule has 0 radical (unpaired) electrons. The molecule has 0 amide bonds. The number of aryl methyl sites for hydroxylation is 1. The number of anilines is 1. The van der Waals surface area contributed by atoms with Crippen molar-refractivity contribution in [3.8, 4) is 0 Å². The molecule has 0 aliphatic rings. The van der Waals surface area contributed by atoms with Gasteiger partial charge in [0.25, 0.3) is 0 Å². The molecule has 15 heavy (non-hydrogen) atoms. The molecule has 4 nitrogen and oxygen atoms in total. The lowest BCUT2D eigenvalue weighted by Gasteiger charge is -2.04. The van der Waals surface area contributed by atoms with Gasteiger partial charge < -0.3 is 4.90 Å². The summed E-state index contributed by atoms with van der Waals surface area (Å²) < 4.78 is 1.04. The second-order valence-electron chi connectivity index (χ2n) is 3.60. The van der Waals surface area contributed by atoms with Gasteiger partial charge >= 0.3 is 5.69 Å². The first-order chi connectivity index (χ1) is 7.11. The zero-order valence-corrected chi connectivity index (χ0v) is 9.67. The highest BCUT2D eigenvalue weighted by molar-refractivity contribution is 7.22. The van der Waals surface area contributed by atoms with E-state index in [4.69, 9.17) is 5.39 Å². The number of thiazole rings is 1. The fourth-order valence-electron chi connectivity index (χ4n) is 1.35. The van der Waals surface area contributed by atoms with Gasteiger partial charge in [-0.3, -0.25) is 0 Å². The maximum atomic E-state index is 8.79. The predicted octanol–water partition coefficient (Wildman–Crippen LogP) is 3.16. The van der Waals surface area contributed by atoms with Crippen LogP contribution < -0.4 is 4.90 Å². The first-order valence-corrected chi connectivity index (χ1v) is 5.37. The Kier molecular flexibility index (Phi) is 2.29. The van der Waals surface area contributed by atoms with Crippen molar-refractivity contribution in [2.45, 2.75) is 6.92 Å². The van der Waals surface area contributed by atoms with E-state index in [-0.39, 0.29) is 0 Å². The van der Waals surface area contributed by atoms with Gasteiger partial charge in [-0.25, -0.2) is 4.98 Å².